The third-order valence-corrected chi connectivity index (χ3v) is 3.01. The summed E-state index contributed by atoms with van der Waals surface area (Å²) in [5.41, 5.74) is 1.16. The highest BCUT2D eigenvalue weighted by atomic mass is 79.9. The molecular formula is C15H22BrNO3. The smallest absolute Gasteiger partial charge is 0.407 e. The van der Waals surface area contributed by atoms with Gasteiger partial charge in [-0.1, -0.05) is 41.4 Å². The van der Waals surface area contributed by atoms with Crippen LogP contribution in [0, 0.1) is 0 Å². The van der Waals surface area contributed by atoms with E-state index < -0.39 is 0 Å². The standard InChI is InChI=1S/C15H22BrNO3/c1-2-3-11-20-15(18)17-10-8-13-4-6-14(7-5-13)19-12-9-16/h4-7H,2-3,8-12H2,1H3,(H,17,18). The Balaban J connectivity index is 2.19. The zero-order valence-electron chi connectivity index (χ0n) is 11.9. The average Bonchev–Trinajstić information content (AvgIpc) is 2.47. The fraction of sp³-hybridized carbons (Fsp3) is 0.533. The Morgan fingerprint density at radius 2 is 2.00 bits per heavy atom. The van der Waals surface area contributed by atoms with Crippen molar-refractivity contribution in [2.24, 2.45) is 0 Å². The number of hydrogen-bond donors (Lipinski definition) is 1. The number of nitrogens with one attached hydrogen (secondary N) is 1. The van der Waals surface area contributed by atoms with Gasteiger partial charge in [0.15, 0.2) is 0 Å². The van der Waals surface area contributed by atoms with Crippen molar-refractivity contribution >= 4 is 22.0 Å². The zero-order chi connectivity index (χ0) is 14.6. The number of unbranched alkanes of at least 4 members (excludes halogenated alkanes) is 1. The molecule has 0 bridgehead atoms. The molecule has 0 aliphatic heterocycles. The topological polar surface area (TPSA) is 47.6 Å². The predicted octanol–water partition coefficient (Wildman–Crippen LogP) is 3.53. The maximum Gasteiger partial charge on any atom is 0.407 e. The van der Waals surface area contributed by atoms with Crippen LogP contribution in [0.4, 0.5) is 4.79 Å². The maximum absolute atomic E-state index is 11.3. The minimum absolute atomic E-state index is 0.337. The summed E-state index contributed by atoms with van der Waals surface area (Å²) in [6.45, 7) is 3.78. The summed E-state index contributed by atoms with van der Waals surface area (Å²) in [4.78, 5) is 11.3. The summed E-state index contributed by atoms with van der Waals surface area (Å²) in [5, 5.41) is 3.56. The number of halogens is 1. The van der Waals surface area contributed by atoms with E-state index in [1.54, 1.807) is 0 Å². The second-order valence-corrected chi connectivity index (χ2v) is 5.14. The molecule has 1 aromatic carbocycles. The summed E-state index contributed by atoms with van der Waals surface area (Å²) in [5.74, 6) is 0.861. The van der Waals surface area contributed by atoms with E-state index in [9.17, 15) is 4.79 Å². The third-order valence-electron chi connectivity index (χ3n) is 2.68. The zero-order valence-corrected chi connectivity index (χ0v) is 13.4. The molecule has 0 heterocycles. The van der Waals surface area contributed by atoms with E-state index in [0.717, 1.165) is 35.9 Å². The number of ether oxygens (including phenoxy) is 2. The molecule has 20 heavy (non-hydrogen) atoms. The fourth-order valence-electron chi connectivity index (χ4n) is 1.58. The van der Waals surface area contributed by atoms with Crippen molar-refractivity contribution in [3.63, 3.8) is 0 Å². The van der Waals surface area contributed by atoms with Crippen LogP contribution in [0.3, 0.4) is 0 Å². The SMILES string of the molecule is CCCCOC(=O)NCCc1ccc(OCCBr)cc1. The van der Waals surface area contributed by atoms with Crippen molar-refractivity contribution in [3.8, 4) is 5.75 Å². The first-order valence-corrected chi connectivity index (χ1v) is 8.06. The van der Waals surface area contributed by atoms with Gasteiger partial charge in [0.1, 0.15) is 5.75 Å². The average molecular weight is 344 g/mol. The van der Waals surface area contributed by atoms with Gasteiger partial charge in [-0.25, -0.2) is 4.79 Å². The molecule has 1 N–H and O–H groups in total. The Hall–Kier alpha value is -1.23. The lowest BCUT2D eigenvalue weighted by Gasteiger charge is -2.07. The first-order chi connectivity index (χ1) is 9.76. The number of hydrogen-bond acceptors (Lipinski definition) is 3. The molecule has 0 saturated carbocycles. The van der Waals surface area contributed by atoms with Gasteiger partial charge in [0.2, 0.25) is 0 Å². The first kappa shape index (κ1) is 16.8. The van der Waals surface area contributed by atoms with Crippen LogP contribution in [-0.2, 0) is 11.2 Å². The number of benzene rings is 1. The highest BCUT2D eigenvalue weighted by Gasteiger charge is 2.01. The van der Waals surface area contributed by atoms with Crippen LogP contribution in [0.25, 0.3) is 0 Å². The summed E-state index contributed by atoms with van der Waals surface area (Å²) >= 11 is 3.31. The first-order valence-electron chi connectivity index (χ1n) is 6.94. The molecule has 5 heteroatoms. The van der Waals surface area contributed by atoms with Crippen LogP contribution < -0.4 is 10.1 Å². The molecule has 4 nitrogen and oxygen atoms in total. The van der Waals surface area contributed by atoms with Crippen LogP contribution in [0.1, 0.15) is 25.3 Å². The molecule has 0 spiro atoms. The summed E-state index contributed by atoms with van der Waals surface area (Å²) in [6, 6.07) is 7.90. The molecule has 0 unspecified atom stereocenters. The molecule has 0 aliphatic carbocycles. The van der Waals surface area contributed by atoms with Crippen LogP contribution in [0.15, 0.2) is 24.3 Å². The highest BCUT2D eigenvalue weighted by Crippen LogP contribution is 2.12. The summed E-state index contributed by atoms with van der Waals surface area (Å²) < 4.78 is 10.5. The van der Waals surface area contributed by atoms with Crippen molar-refractivity contribution in [1.82, 2.24) is 5.32 Å². The van der Waals surface area contributed by atoms with Gasteiger partial charge < -0.3 is 14.8 Å². The molecule has 0 atom stereocenters. The largest absolute Gasteiger partial charge is 0.493 e. The van der Waals surface area contributed by atoms with Crippen LogP contribution >= 0.6 is 15.9 Å². The third kappa shape index (κ3) is 7.38. The lowest BCUT2D eigenvalue weighted by Crippen LogP contribution is -2.26. The van der Waals surface area contributed by atoms with E-state index in [4.69, 9.17) is 9.47 Å². The molecule has 0 saturated heterocycles. The summed E-state index contributed by atoms with van der Waals surface area (Å²) in [7, 11) is 0. The van der Waals surface area contributed by atoms with E-state index in [-0.39, 0.29) is 6.09 Å². The second kappa shape index (κ2) is 10.5. The normalized spacial score (nSPS) is 10.1. The molecule has 0 aromatic heterocycles. The number of carbonyl (C=O) groups is 1. The van der Waals surface area contributed by atoms with Crippen molar-refractivity contribution in [3.05, 3.63) is 29.8 Å². The Kier molecular flexibility index (Phi) is 8.87. The number of alkyl carbamates (subject to hydrolysis) is 1. The van der Waals surface area contributed by atoms with Gasteiger partial charge in [-0.2, -0.15) is 0 Å². The lowest BCUT2D eigenvalue weighted by atomic mass is 10.1. The van der Waals surface area contributed by atoms with Gasteiger partial charge in [0, 0.05) is 11.9 Å². The van der Waals surface area contributed by atoms with E-state index in [2.05, 4.69) is 28.2 Å². The van der Waals surface area contributed by atoms with E-state index in [0.29, 0.717) is 19.8 Å². The van der Waals surface area contributed by atoms with Crippen molar-refractivity contribution in [2.75, 3.05) is 25.1 Å². The van der Waals surface area contributed by atoms with Crippen LogP contribution in [0.5, 0.6) is 5.75 Å². The van der Waals surface area contributed by atoms with Gasteiger partial charge in [0.25, 0.3) is 0 Å². The Morgan fingerprint density at radius 1 is 1.25 bits per heavy atom. The number of rotatable bonds is 9. The van der Waals surface area contributed by atoms with E-state index >= 15 is 0 Å². The van der Waals surface area contributed by atoms with Gasteiger partial charge in [-0.05, 0) is 30.5 Å². The quantitative estimate of drug-likeness (QED) is 0.551. The van der Waals surface area contributed by atoms with Crippen LogP contribution in [0.2, 0.25) is 0 Å². The molecule has 1 amide bonds. The van der Waals surface area contributed by atoms with Gasteiger partial charge in [-0.15, -0.1) is 0 Å². The lowest BCUT2D eigenvalue weighted by molar-refractivity contribution is 0.144. The van der Waals surface area contributed by atoms with Crippen molar-refractivity contribution < 1.29 is 14.3 Å². The predicted molar refractivity (Wildman–Crippen MR) is 83.7 cm³/mol. The van der Waals surface area contributed by atoms with Crippen molar-refractivity contribution in [1.29, 1.82) is 0 Å². The van der Waals surface area contributed by atoms with Crippen LogP contribution in [-0.4, -0.2) is 31.2 Å². The number of amides is 1. The van der Waals surface area contributed by atoms with Gasteiger partial charge in [-0.3, -0.25) is 0 Å². The second-order valence-electron chi connectivity index (χ2n) is 4.35. The number of alkyl halides is 1. The Labute approximate surface area is 129 Å². The van der Waals surface area contributed by atoms with E-state index in [1.165, 1.54) is 0 Å². The molecule has 1 aromatic rings. The minimum atomic E-state index is -0.337. The highest BCUT2D eigenvalue weighted by molar-refractivity contribution is 9.09. The molecule has 112 valence electrons. The van der Waals surface area contributed by atoms with Crippen molar-refractivity contribution in [2.45, 2.75) is 26.2 Å². The minimum Gasteiger partial charge on any atom is -0.493 e. The molecule has 1 rings (SSSR count). The van der Waals surface area contributed by atoms with Gasteiger partial charge >= 0.3 is 6.09 Å². The fourth-order valence-corrected chi connectivity index (χ4v) is 1.74. The Bertz CT molecular complexity index is 381. The molecule has 0 aliphatic rings. The van der Waals surface area contributed by atoms with E-state index in [1.807, 2.05) is 24.3 Å². The van der Waals surface area contributed by atoms with Gasteiger partial charge in [0.05, 0.1) is 13.2 Å². The molecule has 0 radical (unpaired) electrons. The monoisotopic (exact) mass is 343 g/mol. The summed E-state index contributed by atoms with van der Waals surface area (Å²) in [6.07, 6.45) is 2.37. The maximum atomic E-state index is 11.3. The molecular weight excluding hydrogens is 322 g/mol. The Morgan fingerprint density at radius 3 is 2.65 bits per heavy atom. The number of carbonyl (C=O) groups excluding carboxylic acids is 1. The molecule has 0 fully saturated rings.